The van der Waals surface area contributed by atoms with Crippen molar-refractivity contribution in [2.45, 2.75) is 19.2 Å². The summed E-state index contributed by atoms with van der Waals surface area (Å²) in [7, 11) is 1.47. The van der Waals surface area contributed by atoms with Crippen LogP contribution in [-0.4, -0.2) is 25.1 Å². The number of anilines is 1. The van der Waals surface area contributed by atoms with Crippen molar-refractivity contribution in [3.8, 4) is 5.75 Å². The molecule has 2 aromatic rings. The van der Waals surface area contributed by atoms with Gasteiger partial charge in [0.2, 0.25) is 0 Å². The van der Waals surface area contributed by atoms with E-state index in [1.807, 2.05) is 0 Å². The van der Waals surface area contributed by atoms with Gasteiger partial charge in [0.15, 0.2) is 6.10 Å². The highest BCUT2D eigenvalue weighted by Crippen LogP contribution is 2.33. The number of alkyl halides is 3. The summed E-state index contributed by atoms with van der Waals surface area (Å²) in [5.74, 6) is -1.05. The summed E-state index contributed by atoms with van der Waals surface area (Å²) < 4.78 is 48.3. The molecule has 2 rings (SSSR count). The summed E-state index contributed by atoms with van der Waals surface area (Å²) in [6, 6.07) is 8.52. The fourth-order valence-electron chi connectivity index (χ4n) is 2.04. The van der Waals surface area contributed by atoms with Crippen LogP contribution in [0.3, 0.4) is 0 Å². The molecule has 0 aliphatic rings. The molecule has 144 valence electrons. The number of nitrogens with one attached hydrogen (secondary N) is 1. The molecule has 1 amide bonds. The van der Waals surface area contributed by atoms with Crippen molar-refractivity contribution in [2.75, 3.05) is 12.4 Å². The van der Waals surface area contributed by atoms with Crippen LogP contribution < -0.4 is 10.1 Å². The van der Waals surface area contributed by atoms with Gasteiger partial charge in [0.05, 0.1) is 28.9 Å². The second-order valence-corrected chi connectivity index (χ2v) is 5.86. The number of halogens is 4. The number of rotatable bonds is 5. The number of benzene rings is 2. The van der Waals surface area contributed by atoms with Crippen molar-refractivity contribution < 1.29 is 32.2 Å². The van der Waals surface area contributed by atoms with Gasteiger partial charge in [-0.15, -0.1) is 0 Å². The van der Waals surface area contributed by atoms with Crippen LogP contribution in [-0.2, 0) is 15.7 Å². The topological polar surface area (TPSA) is 64.6 Å². The molecule has 27 heavy (non-hydrogen) atoms. The molecule has 1 unspecified atom stereocenters. The lowest BCUT2D eigenvalue weighted by atomic mass is 10.2. The summed E-state index contributed by atoms with van der Waals surface area (Å²) in [4.78, 5) is 24.2. The number of hydrogen-bond donors (Lipinski definition) is 1. The van der Waals surface area contributed by atoms with Crippen LogP contribution in [0.15, 0.2) is 42.5 Å². The standard InChI is InChI=1S/C18H15ClF3NO4/c1-10(27-17(25)11-3-6-13(26-2)7-4-11)16(24)23-15-9-12(18(20,21)22)5-8-14(15)19/h3-10H,1-2H3,(H,23,24). The van der Waals surface area contributed by atoms with Gasteiger partial charge in [0.1, 0.15) is 5.75 Å². The Morgan fingerprint density at radius 2 is 1.74 bits per heavy atom. The minimum atomic E-state index is -4.59. The predicted molar refractivity (Wildman–Crippen MR) is 93.0 cm³/mol. The Morgan fingerprint density at radius 1 is 1.11 bits per heavy atom. The third kappa shape index (κ3) is 5.37. The normalized spacial score (nSPS) is 12.2. The van der Waals surface area contributed by atoms with Crippen molar-refractivity contribution in [3.63, 3.8) is 0 Å². The van der Waals surface area contributed by atoms with E-state index < -0.39 is 29.7 Å². The average Bonchev–Trinajstić information content (AvgIpc) is 2.62. The molecule has 0 aliphatic carbocycles. The van der Waals surface area contributed by atoms with Gasteiger partial charge < -0.3 is 14.8 Å². The van der Waals surface area contributed by atoms with Crippen molar-refractivity contribution in [2.24, 2.45) is 0 Å². The number of ether oxygens (including phenoxy) is 2. The van der Waals surface area contributed by atoms with Gasteiger partial charge in [0.25, 0.3) is 5.91 Å². The summed E-state index contributed by atoms with van der Waals surface area (Å²) >= 11 is 5.82. The van der Waals surface area contributed by atoms with E-state index in [1.165, 1.54) is 26.2 Å². The molecule has 9 heteroatoms. The van der Waals surface area contributed by atoms with E-state index in [2.05, 4.69) is 5.32 Å². The first-order chi connectivity index (χ1) is 12.6. The summed E-state index contributed by atoms with van der Waals surface area (Å²) in [6.07, 6.45) is -5.85. The maximum absolute atomic E-state index is 12.8. The zero-order valence-electron chi connectivity index (χ0n) is 14.3. The second kappa shape index (κ2) is 8.30. The van der Waals surface area contributed by atoms with Crippen LogP contribution in [0.1, 0.15) is 22.8 Å². The molecule has 0 heterocycles. The molecule has 0 aromatic heterocycles. The lowest BCUT2D eigenvalue weighted by Gasteiger charge is -2.15. The van der Waals surface area contributed by atoms with E-state index in [0.717, 1.165) is 12.1 Å². The van der Waals surface area contributed by atoms with Crippen LogP contribution in [0, 0.1) is 0 Å². The molecule has 0 saturated carbocycles. The highest BCUT2D eigenvalue weighted by molar-refractivity contribution is 6.33. The zero-order valence-corrected chi connectivity index (χ0v) is 15.0. The Hall–Kier alpha value is -2.74. The third-order valence-electron chi connectivity index (χ3n) is 3.53. The zero-order chi connectivity index (χ0) is 20.2. The van der Waals surface area contributed by atoms with Crippen molar-refractivity contribution in [1.29, 1.82) is 0 Å². The monoisotopic (exact) mass is 401 g/mol. The molecule has 0 fully saturated rings. The quantitative estimate of drug-likeness (QED) is 0.746. The van der Waals surface area contributed by atoms with Gasteiger partial charge in [-0.05, 0) is 49.4 Å². The Labute approximate surface area is 158 Å². The highest BCUT2D eigenvalue weighted by atomic mass is 35.5. The summed E-state index contributed by atoms with van der Waals surface area (Å²) in [5, 5.41) is 2.15. The first kappa shape index (κ1) is 20.6. The fraction of sp³-hybridized carbons (Fsp3) is 0.222. The van der Waals surface area contributed by atoms with Crippen molar-refractivity contribution >= 4 is 29.2 Å². The highest BCUT2D eigenvalue weighted by Gasteiger charge is 2.31. The number of carbonyl (C=O) groups excluding carboxylic acids is 2. The minimum absolute atomic E-state index is 0.0787. The van der Waals surface area contributed by atoms with E-state index in [0.29, 0.717) is 11.8 Å². The second-order valence-electron chi connectivity index (χ2n) is 5.46. The van der Waals surface area contributed by atoms with Crippen molar-refractivity contribution in [1.82, 2.24) is 0 Å². The minimum Gasteiger partial charge on any atom is -0.497 e. The molecule has 1 atom stereocenters. The van der Waals surface area contributed by atoms with E-state index in [-0.39, 0.29) is 16.3 Å². The Bertz CT molecular complexity index is 837. The Kier molecular flexibility index (Phi) is 6.32. The van der Waals surface area contributed by atoms with Crippen LogP contribution in [0.5, 0.6) is 5.75 Å². The van der Waals surface area contributed by atoms with Gasteiger partial charge >= 0.3 is 12.1 Å². The van der Waals surface area contributed by atoms with Gasteiger partial charge in [-0.1, -0.05) is 11.6 Å². The van der Waals surface area contributed by atoms with Gasteiger partial charge in [-0.25, -0.2) is 4.79 Å². The molecule has 0 saturated heterocycles. The van der Waals surface area contributed by atoms with E-state index >= 15 is 0 Å². The van der Waals surface area contributed by atoms with E-state index in [1.54, 1.807) is 12.1 Å². The van der Waals surface area contributed by atoms with Crippen LogP contribution >= 0.6 is 11.6 Å². The SMILES string of the molecule is COc1ccc(C(=O)OC(C)C(=O)Nc2cc(C(F)(F)F)ccc2Cl)cc1. The van der Waals surface area contributed by atoms with Crippen LogP contribution in [0.4, 0.5) is 18.9 Å². The molecule has 2 aromatic carbocycles. The molecule has 1 N–H and O–H groups in total. The molecular weight excluding hydrogens is 387 g/mol. The smallest absolute Gasteiger partial charge is 0.416 e. The fourth-order valence-corrected chi connectivity index (χ4v) is 2.21. The van der Waals surface area contributed by atoms with E-state index in [4.69, 9.17) is 21.1 Å². The number of hydrogen-bond acceptors (Lipinski definition) is 4. The molecule has 0 bridgehead atoms. The summed E-state index contributed by atoms with van der Waals surface area (Å²) in [6.45, 7) is 1.29. The molecular formula is C18H15ClF3NO4. The van der Waals surface area contributed by atoms with Crippen molar-refractivity contribution in [3.05, 3.63) is 58.6 Å². The first-order valence-corrected chi connectivity index (χ1v) is 8.02. The Balaban J connectivity index is 2.06. The van der Waals surface area contributed by atoms with Gasteiger partial charge in [-0.3, -0.25) is 4.79 Å². The lowest BCUT2D eigenvalue weighted by Crippen LogP contribution is -2.30. The molecule has 0 spiro atoms. The lowest BCUT2D eigenvalue weighted by molar-refractivity contribution is -0.137. The number of carbonyl (C=O) groups is 2. The maximum Gasteiger partial charge on any atom is 0.416 e. The van der Waals surface area contributed by atoms with Crippen LogP contribution in [0.25, 0.3) is 0 Å². The molecule has 0 radical (unpaired) electrons. The number of methoxy groups -OCH3 is 1. The number of esters is 1. The van der Waals surface area contributed by atoms with Gasteiger partial charge in [-0.2, -0.15) is 13.2 Å². The average molecular weight is 402 g/mol. The first-order valence-electron chi connectivity index (χ1n) is 7.64. The summed E-state index contributed by atoms with van der Waals surface area (Å²) in [5.41, 5.74) is -1.01. The van der Waals surface area contributed by atoms with Gasteiger partial charge in [0, 0.05) is 0 Å². The maximum atomic E-state index is 12.8. The largest absolute Gasteiger partial charge is 0.497 e. The predicted octanol–water partition coefficient (Wildman–Crippen LogP) is 4.55. The van der Waals surface area contributed by atoms with E-state index in [9.17, 15) is 22.8 Å². The molecule has 5 nitrogen and oxygen atoms in total. The Morgan fingerprint density at radius 3 is 2.30 bits per heavy atom. The third-order valence-corrected chi connectivity index (χ3v) is 3.86. The molecule has 0 aliphatic heterocycles. The van der Waals surface area contributed by atoms with Crippen LogP contribution in [0.2, 0.25) is 5.02 Å². The number of amides is 1.